The van der Waals surface area contributed by atoms with Gasteiger partial charge in [-0.2, -0.15) is 0 Å². The summed E-state index contributed by atoms with van der Waals surface area (Å²) in [5.74, 6) is 0.831. The molecule has 1 aliphatic carbocycles. The molecule has 1 heterocycles. The van der Waals surface area contributed by atoms with E-state index in [-0.39, 0.29) is 24.0 Å². The summed E-state index contributed by atoms with van der Waals surface area (Å²) in [5, 5.41) is 0. The van der Waals surface area contributed by atoms with Gasteiger partial charge in [0.15, 0.2) is 0 Å². The zero-order chi connectivity index (χ0) is 16.8. The topological polar surface area (TPSA) is 73.9 Å². The number of hydrogen-bond acceptors (Lipinski definition) is 5. The fourth-order valence-corrected chi connectivity index (χ4v) is 4.58. The van der Waals surface area contributed by atoms with E-state index in [1.165, 1.54) is 0 Å². The van der Waals surface area contributed by atoms with E-state index in [0.29, 0.717) is 32.7 Å². The number of fused-ring (bicyclic) bond motifs is 1. The van der Waals surface area contributed by atoms with Crippen LogP contribution < -0.4 is 9.46 Å². The monoisotopic (exact) mass is 355 g/mol. The number of para-hydroxylation sites is 1. The molecule has 0 spiro atoms. The molecule has 1 aromatic rings. The van der Waals surface area contributed by atoms with Crippen molar-refractivity contribution in [3.8, 4) is 5.75 Å². The van der Waals surface area contributed by atoms with Crippen molar-refractivity contribution in [3.63, 3.8) is 0 Å². The molecule has 1 saturated carbocycles. The van der Waals surface area contributed by atoms with Gasteiger partial charge in [-0.05, 0) is 37.8 Å². The zero-order valence-electron chi connectivity index (χ0n) is 13.7. The third kappa shape index (κ3) is 5.17. The van der Waals surface area contributed by atoms with Crippen LogP contribution in [0.15, 0.2) is 30.3 Å². The molecule has 3 rings (SSSR count). The van der Waals surface area contributed by atoms with Crippen molar-refractivity contribution in [3.05, 3.63) is 30.3 Å². The molecule has 0 radical (unpaired) electrons. The summed E-state index contributed by atoms with van der Waals surface area (Å²) in [5.41, 5.74) is 0. The average molecular weight is 355 g/mol. The van der Waals surface area contributed by atoms with Crippen molar-refractivity contribution >= 4 is 10.0 Å². The Morgan fingerprint density at radius 1 is 1.08 bits per heavy atom. The maximum atomic E-state index is 12.2. The number of hydrogen-bond donors (Lipinski definition) is 1. The van der Waals surface area contributed by atoms with E-state index >= 15 is 0 Å². The van der Waals surface area contributed by atoms with Crippen LogP contribution in [-0.2, 0) is 19.5 Å². The lowest BCUT2D eigenvalue weighted by Gasteiger charge is -2.38. The van der Waals surface area contributed by atoms with Gasteiger partial charge in [0.05, 0.1) is 37.8 Å². The normalized spacial score (nSPS) is 27.4. The van der Waals surface area contributed by atoms with E-state index in [2.05, 4.69) is 4.72 Å². The first kappa shape index (κ1) is 17.7. The minimum absolute atomic E-state index is 0.0154. The van der Waals surface area contributed by atoms with E-state index in [1.54, 1.807) is 0 Å². The van der Waals surface area contributed by atoms with Crippen LogP contribution in [0.25, 0.3) is 0 Å². The van der Waals surface area contributed by atoms with Crippen LogP contribution in [0.3, 0.4) is 0 Å². The second-order valence-corrected chi connectivity index (χ2v) is 8.15. The Bertz CT molecular complexity index is 607. The van der Waals surface area contributed by atoms with Gasteiger partial charge >= 0.3 is 0 Å². The largest absolute Gasteiger partial charge is 0.494 e. The van der Waals surface area contributed by atoms with Gasteiger partial charge in [-0.15, -0.1) is 0 Å². The predicted octanol–water partition coefficient (Wildman–Crippen LogP) is 1.71. The first-order valence-electron chi connectivity index (χ1n) is 8.53. The van der Waals surface area contributed by atoms with Crippen LogP contribution in [0, 0.1) is 0 Å². The summed E-state index contributed by atoms with van der Waals surface area (Å²) in [6.45, 7) is 1.62. The minimum Gasteiger partial charge on any atom is -0.494 e. The molecule has 134 valence electrons. The Hall–Kier alpha value is -1.15. The van der Waals surface area contributed by atoms with Crippen LogP contribution in [0.5, 0.6) is 5.75 Å². The van der Waals surface area contributed by atoms with Crippen molar-refractivity contribution in [2.75, 3.05) is 25.6 Å². The highest BCUT2D eigenvalue weighted by atomic mass is 32.2. The third-order valence-electron chi connectivity index (χ3n) is 4.39. The summed E-state index contributed by atoms with van der Waals surface area (Å²) in [6.07, 6.45) is 2.92. The maximum absolute atomic E-state index is 12.2. The summed E-state index contributed by atoms with van der Waals surface area (Å²) < 4.78 is 44.2. The summed E-state index contributed by atoms with van der Waals surface area (Å²) in [7, 11) is -3.30. The second-order valence-electron chi connectivity index (χ2n) is 6.28. The molecule has 3 unspecified atom stereocenters. The fraction of sp³-hybridized carbons (Fsp3) is 0.647. The first-order valence-corrected chi connectivity index (χ1v) is 10.2. The Morgan fingerprint density at radius 2 is 1.83 bits per heavy atom. The van der Waals surface area contributed by atoms with E-state index in [0.717, 1.165) is 18.6 Å². The maximum Gasteiger partial charge on any atom is 0.211 e. The quantitative estimate of drug-likeness (QED) is 0.754. The molecule has 2 aliphatic rings. The lowest BCUT2D eigenvalue weighted by Crippen LogP contribution is -2.49. The SMILES string of the molecule is O=S(=O)(CCCOc1ccccc1)NC1CCC2OCCOC2C1. The lowest BCUT2D eigenvalue weighted by atomic mass is 9.90. The van der Waals surface area contributed by atoms with E-state index in [9.17, 15) is 8.42 Å². The molecule has 6 nitrogen and oxygen atoms in total. The standard InChI is InChI=1S/C17H25NO5S/c19-24(20,12-4-9-21-15-5-2-1-3-6-15)18-14-7-8-16-17(13-14)23-11-10-22-16/h1-3,5-6,14,16-18H,4,7-13H2. The van der Waals surface area contributed by atoms with Gasteiger partial charge in [-0.1, -0.05) is 18.2 Å². The number of sulfonamides is 1. The Labute approximate surface area is 143 Å². The van der Waals surface area contributed by atoms with Crippen LogP contribution in [-0.4, -0.2) is 52.2 Å². The van der Waals surface area contributed by atoms with Crippen LogP contribution >= 0.6 is 0 Å². The molecular weight excluding hydrogens is 330 g/mol. The Morgan fingerprint density at radius 3 is 2.62 bits per heavy atom. The highest BCUT2D eigenvalue weighted by molar-refractivity contribution is 7.89. The predicted molar refractivity (Wildman–Crippen MR) is 90.6 cm³/mol. The van der Waals surface area contributed by atoms with E-state index < -0.39 is 10.0 Å². The molecular formula is C17H25NO5S. The molecule has 3 atom stereocenters. The Balaban J connectivity index is 1.39. The van der Waals surface area contributed by atoms with Gasteiger partial charge in [0.25, 0.3) is 0 Å². The van der Waals surface area contributed by atoms with Crippen molar-refractivity contribution in [2.45, 2.75) is 43.9 Å². The minimum atomic E-state index is -3.30. The highest BCUT2D eigenvalue weighted by Gasteiger charge is 2.35. The fourth-order valence-electron chi connectivity index (χ4n) is 3.24. The van der Waals surface area contributed by atoms with Gasteiger partial charge in [-0.25, -0.2) is 13.1 Å². The van der Waals surface area contributed by atoms with Crippen molar-refractivity contribution < 1.29 is 22.6 Å². The first-order chi connectivity index (χ1) is 11.6. The number of rotatable bonds is 7. The number of benzene rings is 1. The van der Waals surface area contributed by atoms with Gasteiger partial charge in [0, 0.05) is 6.04 Å². The average Bonchev–Trinajstić information content (AvgIpc) is 2.59. The highest BCUT2D eigenvalue weighted by Crippen LogP contribution is 2.27. The molecule has 0 aromatic heterocycles. The zero-order valence-corrected chi connectivity index (χ0v) is 14.5. The van der Waals surface area contributed by atoms with Crippen LogP contribution in [0.4, 0.5) is 0 Å². The second kappa shape index (κ2) is 8.29. The summed E-state index contributed by atoms with van der Waals surface area (Å²) in [6, 6.07) is 9.35. The van der Waals surface area contributed by atoms with Gasteiger partial charge in [0.1, 0.15) is 5.75 Å². The molecule has 2 fully saturated rings. The lowest BCUT2D eigenvalue weighted by molar-refractivity contribution is -0.156. The molecule has 0 bridgehead atoms. The van der Waals surface area contributed by atoms with Gasteiger partial charge in [0.2, 0.25) is 10.0 Å². The molecule has 0 amide bonds. The molecule has 1 saturated heterocycles. The Kier molecular flexibility index (Phi) is 6.10. The van der Waals surface area contributed by atoms with Gasteiger partial charge < -0.3 is 14.2 Å². The molecule has 1 aliphatic heterocycles. The van der Waals surface area contributed by atoms with E-state index in [1.807, 2.05) is 30.3 Å². The molecule has 1 N–H and O–H groups in total. The van der Waals surface area contributed by atoms with Crippen LogP contribution in [0.2, 0.25) is 0 Å². The van der Waals surface area contributed by atoms with Crippen LogP contribution in [0.1, 0.15) is 25.7 Å². The van der Waals surface area contributed by atoms with Gasteiger partial charge in [-0.3, -0.25) is 0 Å². The third-order valence-corrected chi connectivity index (χ3v) is 5.91. The van der Waals surface area contributed by atoms with E-state index in [4.69, 9.17) is 14.2 Å². The summed E-state index contributed by atoms with van der Waals surface area (Å²) in [4.78, 5) is 0. The van der Waals surface area contributed by atoms with Crippen molar-refractivity contribution in [1.29, 1.82) is 0 Å². The van der Waals surface area contributed by atoms with Crippen molar-refractivity contribution in [1.82, 2.24) is 4.72 Å². The smallest absolute Gasteiger partial charge is 0.211 e. The number of ether oxygens (including phenoxy) is 3. The molecule has 1 aromatic carbocycles. The van der Waals surface area contributed by atoms with Crippen molar-refractivity contribution in [2.24, 2.45) is 0 Å². The number of nitrogens with one attached hydrogen (secondary N) is 1. The molecule has 7 heteroatoms. The summed E-state index contributed by atoms with van der Waals surface area (Å²) >= 11 is 0. The molecule has 24 heavy (non-hydrogen) atoms.